The summed E-state index contributed by atoms with van der Waals surface area (Å²) in [5.41, 5.74) is -0.00715. The summed E-state index contributed by atoms with van der Waals surface area (Å²) in [5.74, 6) is -0.460. The fourth-order valence-corrected chi connectivity index (χ4v) is 2.61. The first kappa shape index (κ1) is 13.9. The van der Waals surface area contributed by atoms with Crippen LogP contribution in [0.1, 0.15) is 52.4 Å². The van der Waals surface area contributed by atoms with E-state index in [2.05, 4.69) is 13.0 Å². The number of ether oxygens (including phenoxy) is 1. The van der Waals surface area contributed by atoms with Gasteiger partial charge in [0, 0.05) is 0 Å². The number of carbonyl (C=O) groups is 2. The van der Waals surface area contributed by atoms with Gasteiger partial charge in [0.15, 0.2) is 5.78 Å². The molecular weight excluding hydrogens is 216 g/mol. The summed E-state index contributed by atoms with van der Waals surface area (Å²) in [6.07, 6.45) is 7.41. The smallest absolute Gasteiger partial charge is 0.323 e. The molecule has 1 atom stereocenters. The van der Waals surface area contributed by atoms with E-state index in [4.69, 9.17) is 4.74 Å². The molecule has 0 fully saturated rings. The first-order valence-corrected chi connectivity index (χ1v) is 6.38. The second-order valence-corrected chi connectivity index (χ2v) is 4.68. The third kappa shape index (κ3) is 2.59. The first-order valence-electron chi connectivity index (χ1n) is 6.38. The van der Waals surface area contributed by atoms with Gasteiger partial charge >= 0.3 is 5.97 Å². The number of esters is 1. The number of unbranched alkanes of at least 4 members (excludes halogenated alkanes) is 1. The van der Waals surface area contributed by atoms with Crippen LogP contribution < -0.4 is 0 Å². The van der Waals surface area contributed by atoms with Gasteiger partial charge in [0.25, 0.3) is 0 Å². The Labute approximate surface area is 103 Å². The van der Waals surface area contributed by atoms with Crippen LogP contribution in [-0.4, -0.2) is 18.9 Å². The Morgan fingerprint density at radius 2 is 2.18 bits per heavy atom. The van der Waals surface area contributed by atoms with Crippen molar-refractivity contribution in [3.05, 3.63) is 11.6 Å². The number of allylic oxidation sites excluding steroid dienone is 1. The van der Waals surface area contributed by atoms with Gasteiger partial charge in [-0.05, 0) is 44.6 Å². The fourth-order valence-electron chi connectivity index (χ4n) is 2.61. The summed E-state index contributed by atoms with van der Waals surface area (Å²) in [6.45, 7) is 3.61. The predicted octanol–water partition coefficient (Wildman–Crippen LogP) is 3.04. The second kappa shape index (κ2) is 5.99. The van der Waals surface area contributed by atoms with E-state index in [1.807, 2.05) is 0 Å². The van der Waals surface area contributed by atoms with Crippen molar-refractivity contribution < 1.29 is 14.3 Å². The van der Waals surface area contributed by atoms with E-state index in [9.17, 15) is 9.59 Å². The Balaban J connectivity index is 3.07. The molecule has 0 bridgehead atoms. The SMILES string of the molecule is CCCCC1=CCCCC1(C(C)=O)C(=O)OC. The molecule has 0 N–H and O–H groups in total. The van der Waals surface area contributed by atoms with E-state index in [-0.39, 0.29) is 11.8 Å². The first-order chi connectivity index (χ1) is 8.09. The highest BCUT2D eigenvalue weighted by Gasteiger charge is 2.47. The van der Waals surface area contributed by atoms with Crippen LogP contribution in [0.2, 0.25) is 0 Å². The van der Waals surface area contributed by atoms with Gasteiger partial charge in [-0.3, -0.25) is 9.59 Å². The number of hydrogen-bond acceptors (Lipinski definition) is 3. The highest BCUT2D eigenvalue weighted by atomic mass is 16.5. The van der Waals surface area contributed by atoms with Gasteiger partial charge in [0.2, 0.25) is 0 Å². The average molecular weight is 238 g/mol. The monoisotopic (exact) mass is 238 g/mol. The quantitative estimate of drug-likeness (QED) is 0.420. The molecule has 0 heterocycles. The van der Waals surface area contributed by atoms with Gasteiger partial charge in [0.1, 0.15) is 5.41 Å². The molecule has 0 aromatic heterocycles. The van der Waals surface area contributed by atoms with Crippen molar-refractivity contribution in [1.82, 2.24) is 0 Å². The number of rotatable bonds is 5. The summed E-state index contributed by atoms with van der Waals surface area (Å²) >= 11 is 0. The highest BCUT2D eigenvalue weighted by molar-refractivity contribution is 6.06. The molecule has 0 spiro atoms. The summed E-state index contributed by atoms with van der Waals surface area (Å²) in [6, 6.07) is 0. The third-order valence-electron chi connectivity index (χ3n) is 3.63. The number of carbonyl (C=O) groups excluding carboxylic acids is 2. The van der Waals surface area contributed by atoms with Crippen molar-refractivity contribution in [3.8, 4) is 0 Å². The number of hydrogen-bond donors (Lipinski definition) is 0. The van der Waals surface area contributed by atoms with E-state index in [0.29, 0.717) is 6.42 Å². The molecule has 96 valence electrons. The van der Waals surface area contributed by atoms with Gasteiger partial charge in [-0.1, -0.05) is 19.4 Å². The van der Waals surface area contributed by atoms with Gasteiger partial charge < -0.3 is 4.74 Å². The van der Waals surface area contributed by atoms with Crippen molar-refractivity contribution >= 4 is 11.8 Å². The molecule has 0 radical (unpaired) electrons. The average Bonchev–Trinajstić information content (AvgIpc) is 2.35. The number of Topliss-reactive ketones (excluding diaryl/α,β-unsaturated/α-hetero) is 1. The van der Waals surface area contributed by atoms with Crippen LogP contribution >= 0.6 is 0 Å². The molecule has 0 saturated heterocycles. The van der Waals surface area contributed by atoms with Gasteiger partial charge in [-0.25, -0.2) is 0 Å². The molecule has 0 aromatic carbocycles. The second-order valence-electron chi connectivity index (χ2n) is 4.68. The van der Waals surface area contributed by atoms with Crippen LogP contribution in [0.4, 0.5) is 0 Å². The lowest BCUT2D eigenvalue weighted by atomic mass is 9.68. The summed E-state index contributed by atoms with van der Waals surface area (Å²) in [5, 5.41) is 0. The summed E-state index contributed by atoms with van der Waals surface area (Å²) in [4.78, 5) is 24.0. The minimum absolute atomic E-state index is 0.0774. The maximum Gasteiger partial charge on any atom is 0.323 e. The Bertz CT molecular complexity index is 330. The largest absolute Gasteiger partial charge is 0.468 e. The fraction of sp³-hybridized carbons (Fsp3) is 0.714. The minimum Gasteiger partial charge on any atom is -0.468 e. The van der Waals surface area contributed by atoms with E-state index in [1.165, 1.54) is 14.0 Å². The standard InChI is InChI=1S/C14H22O3/c1-4-5-8-12-9-6-7-10-14(12,11(2)15)13(16)17-3/h9H,4-8,10H2,1-3H3. The Morgan fingerprint density at radius 1 is 1.47 bits per heavy atom. The predicted molar refractivity (Wildman–Crippen MR) is 66.6 cm³/mol. The molecule has 0 aromatic rings. The summed E-state index contributed by atoms with van der Waals surface area (Å²) < 4.78 is 4.86. The van der Waals surface area contributed by atoms with E-state index < -0.39 is 5.41 Å². The topological polar surface area (TPSA) is 43.4 Å². The molecule has 1 aliphatic rings. The van der Waals surface area contributed by atoms with Crippen LogP contribution in [-0.2, 0) is 14.3 Å². The normalized spacial score (nSPS) is 24.1. The zero-order valence-electron chi connectivity index (χ0n) is 11.0. The van der Waals surface area contributed by atoms with Gasteiger partial charge in [-0.2, -0.15) is 0 Å². The number of ketones is 1. The molecule has 1 rings (SSSR count). The minimum atomic E-state index is -0.984. The third-order valence-corrected chi connectivity index (χ3v) is 3.63. The van der Waals surface area contributed by atoms with E-state index >= 15 is 0 Å². The van der Waals surface area contributed by atoms with Crippen molar-refractivity contribution in [2.75, 3.05) is 7.11 Å². The maximum absolute atomic E-state index is 12.0. The molecule has 17 heavy (non-hydrogen) atoms. The van der Waals surface area contributed by atoms with Crippen LogP contribution in [0.25, 0.3) is 0 Å². The molecule has 3 heteroatoms. The Kier molecular flexibility index (Phi) is 4.91. The summed E-state index contributed by atoms with van der Waals surface area (Å²) in [7, 11) is 1.36. The van der Waals surface area contributed by atoms with Crippen LogP contribution in [0.3, 0.4) is 0 Å². The van der Waals surface area contributed by atoms with Crippen molar-refractivity contribution in [1.29, 1.82) is 0 Å². The molecule has 3 nitrogen and oxygen atoms in total. The maximum atomic E-state index is 12.0. The molecule has 1 aliphatic carbocycles. The zero-order chi connectivity index (χ0) is 12.9. The lowest BCUT2D eigenvalue weighted by Crippen LogP contribution is -2.42. The molecule has 0 aliphatic heterocycles. The van der Waals surface area contributed by atoms with Crippen molar-refractivity contribution in [2.45, 2.75) is 52.4 Å². The van der Waals surface area contributed by atoms with Crippen molar-refractivity contribution in [2.24, 2.45) is 5.41 Å². The lowest BCUT2D eigenvalue weighted by molar-refractivity contribution is -0.155. The van der Waals surface area contributed by atoms with E-state index in [1.54, 1.807) is 0 Å². The Morgan fingerprint density at radius 3 is 2.71 bits per heavy atom. The van der Waals surface area contributed by atoms with Crippen LogP contribution in [0.5, 0.6) is 0 Å². The molecular formula is C14H22O3. The zero-order valence-corrected chi connectivity index (χ0v) is 11.0. The molecule has 0 saturated carbocycles. The number of methoxy groups -OCH3 is 1. The highest BCUT2D eigenvalue weighted by Crippen LogP contribution is 2.42. The van der Waals surface area contributed by atoms with Gasteiger partial charge in [-0.15, -0.1) is 0 Å². The van der Waals surface area contributed by atoms with Crippen molar-refractivity contribution in [3.63, 3.8) is 0 Å². The lowest BCUT2D eigenvalue weighted by Gasteiger charge is -2.34. The van der Waals surface area contributed by atoms with Crippen LogP contribution in [0.15, 0.2) is 11.6 Å². The molecule has 0 amide bonds. The van der Waals surface area contributed by atoms with Crippen LogP contribution in [0, 0.1) is 5.41 Å². The Hall–Kier alpha value is -1.12. The molecule has 1 unspecified atom stereocenters. The van der Waals surface area contributed by atoms with E-state index in [0.717, 1.165) is 37.7 Å². The van der Waals surface area contributed by atoms with Gasteiger partial charge in [0.05, 0.1) is 7.11 Å².